The molecule has 2 aromatic heterocycles. The molecule has 0 spiro atoms. The first-order chi connectivity index (χ1) is 12.2. The van der Waals surface area contributed by atoms with Crippen LogP contribution in [0, 0.1) is 0 Å². The Balaban J connectivity index is 1.79. The minimum atomic E-state index is -4.92. The highest BCUT2D eigenvalue weighted by Gasteiger charge is 2.50. The van der Waals surface area contributed by atoms with E-state index in [1.165, 1.54) is 10.9 Å². The normalized spacial score (nSPS) is 28.7. The summed E-state index contributed by atoms with van der Waals surface area (Å²) < 4.78 is 23.9. The number of rotatable bonds is 3. The van der Waals surface area contributed by atoms with Crippen LogP contribution in [0.2, 0.25) is 0 Å². The van der Waals surface area contributed by atoms with Crippen molar-refractivity contribution in [2.24, 2.45) is 5.10 Å². The summed E-state index contributed by atoms with van der Waals surface area (Å²) in [6, 6.07) is 0. The van der Waals surface area contributed by atoms with Gasteiger partial charge >= 0.3 is 13.5 Å². The van der Waals surface area contributed by atoms with Gasteiger partial charge in [0.05, 0.1) is 0 Å². The molecular weight excluding hydrogens is 371 g/mol. The molecule has 0 saturated carbocycles. The fraction of sp³-hybridized carbons (Fsp3) is 0.500. The lowest BCUT2D eigenvalue weighted by molar-refractivity contribution is -0.746. The maximum atomic E-state index is 11.0. The molecule has 2 aliphatic rings. The standard InChI is InChI=1S/C12H15N6O7P/c1-5-15-16(2)9-6-10(14-3-13-9)18(4-17(5)6)11-7(19)8(20)12(24-11)25-26(21,22)23/h3-4,7-8,11-12,19-20H,1-2H3,(H-,21,22,23)/p+1. The van der Waals surface area contributed by atoms with E-state index in [-0.39, 0.29) is 0 Å². The molecule has 0 aromatic carbocycles. The summed E-state index contributed by atoms with van der Waals surface area (Å²) in [5, 5.41) is 26.2. The van der Waals surface area contributed by atoms with Gasteiger partial charge in [-0.2, -0.15) is 4.98 Å². The maximum Gasteiger partial charge on any atom is 0.472 e. The fourth-order valence-corrected chi connectivity index (χ4v) is 3.51. The minimum absolute atomic E-state index is 0.379. The quantitative estimate of drug-likeness (QED) is 0.343. The average Bonchev–Trinajstić information content (AvgIpc) is 3.06. The second kappa shape index (κ2) is 5.76. The Kier molecular flexibility index (Phi) is 3.86. The zero-order valence-corrected chi connectivity index (χ0v) is 14.5. The molecule has 14 heteroatoms. The van der Waals surface area contributed by atoms with Crippen molar-refractivity contribution in [1.82, 2.24) is 14.5 Å². The van der Waals surface area contributed by atoms with E-state index in [0.717, 1.165) is 0 Å². The molecule has 4 unspecified atom stereocenters. The van der Waals surface area contributed by atoms with E-state index in [4.69, 9.17) is 14.5 Å². The molecule has 0 aliphatic carbocycles. The van der Waals surface area contributed by atoms with Crippen molar-refractivity contribution in [3.8, 4) is 0 Å². The Morgan fingerprint density at radius 3 is 2.73 bits per heavy atom. The van der Waals surface area contributed by atoms with E-state index < -0.39 is 32.5 Å². The van der Waals surface area contributed by atoms with Gasteiger partial charge in [0.15, 0.2) is 24.3 Å². The zero-order valence-electron chi connectivity index (χ0n) is 13.6. The van der Waals surface area contributed by atoms with Crippen molar-refractivity contribution in [1.29, 1.82) is 0 Å². The molecule has 4 rings (SSSR count). The van der Waals surface area contributed by atoms with E-state index in [0.29, 0.717) is 22.8 Å². The molecule has 0 amide bonds. The van der Waals surface area contributed by atoms with Gasteiger partial charge in [0.2, 0.25) is 18.0 Å². The molecule has 2 aliphatic heterocycles. The van der Waals surface area contributed by atoms with E-state index in [1.54, 1.807) is 29.9 Å². The average molecular weight is 387 g/mol. The SMILES string of the molecule is CC1=NN(C)c2ncnc3c2n1c[n+]3C1OC(OP(=O)(O)O)C(O)C1O. The second-order valence-electron chi connectivity index (χ2n) is 5.91. The third kappa shape index (κ3) is 2.61. The van der Waals surface area contributed by atoms with Gasteiger partial charge in [0.1, 0.15) is 12.2 Å². The summed E-state index contributed by atoms with van der Waals surface area (Å²) >= 11 is 0. The number of nitrogens with zero attached hydrogens (tertiary/aromatic N) is 6. The molecule has 4 heterocycles. The van der Waals surface area contributed by atoms with Crippen LogP contribution in [0.5, 0.6) is 0 Å². The molecule has 0 bridgehead atoms. The summed E-state index contributed by atoms with van der Waals surface area (Å²) in [4.78, 5) is 26.2. The summed E-state index contributed by atoms with van der Waals surface area (Å²) in [5.41, 5.74) is 0.983. The van der Waals surface area contributed by atoms with Crippen LogP contribution in [-0.2, 0) is 13.8 Å². The van der Waals surface area contributed by atoms with Crippen molar-refractivity contribution in [3.63, 3.8) is 0 Å². The largest absolute Gasteiger partial charge is 0.472 e. The summed E-state index contributed by atoms with van der Waals surface area (Å²) in [7, 11) is -3.20. The number of aromatic nitrogens is 4. The number of hydrogen-bond donors (Lipinski definition) is 4. The van der Waals surface area contributed by atoms with Gasteiger partial charge in [-0.05, 0) is 0 Å². The number of hydrazone groups is 1. The number of phosphoric ester groups is 1. The van der Waals surface area contributed by atoms with E-state index in [9.17, 15) is 14.8 Å². The summed E-state index contributed by atoms with van der Waals surface area (Å²) in [6.07, 6.45) is -3.20. The third-order valence-electron chi connectivity index (χ3n) is 4.17. The minimum Gasteiger partial charge on any atom is -0.385 e. The van der Waals surface area contributed by atoms with Crippen molar-refractivity contribution in [2.45, 2.75) is 31.6 Å². The molecule has 13 nitrogen and oxygen atoms in total. The topological polar surface area (TPSA) is 167 Å². The number of aliphatic hydroxyl groups excluding tert-OH is 2. The molecule has 4 N–H and O–H groups in total. The highest BCUT2D eigenvalue weighted by molar-refractivity contribution is 7.46. The van der Waals surface area contributed by atoms with Gasteiger partial charge < -0.3 is 24.7 Å². The predicted octanol–water partition coefficient (Wildman–Crippen LogP) is -1.96. The van der Waals surface area contributed by atoms with Crippen LogP contribution in [-0.4, -0.2) is 65.9 Å². The van der Waals surface area contributed by atoms with Gasteiger partial charge in [-0.15, -0.1) is 5.10 Å². The van der Waals surface area contributed by atoms with Crippen LogP contribution in [0.15, 0.2) is 17.8 Å². The van der Waals surface area contributed by atoms with Crippen LogP contribution in [0.25, 0.3) is 11.2 Å². The predicted molar refractivity (Wildman–Crippen MR) is 83.7 cm³/mol. The van der Waals surface area contributed by atoms with Gasteiger partial charge in [0, 0.05) is 14.0 Å². The molecular formula is C12H16N6O7P+. The molecule has 1 fully saturated rings. The number of aliphatic hydroxyl groups is 2. The van der Waals surface area contributed by atoms with E-state index in [2.05, 4.69) is 19.6 Å². The van der Waals surface area contributed by atoms with Crippen molar-refractivity contribution in [2.75, 3.05) is 12.1 Å². The summed E-state index contributed by atoms with van der Waals surface area (Å²) in [6.45, 7) is 1.76. The molecule has 2 aromatic rings. The van der Waals surface area contributed by atoms with Gasteiger partial charge in [0.25, 0.3) is 0 Å². The Morgan fingerprint density at radius 2 is 2.04 bits per heavy atom. The zero-order chi connectivity index (χ0) is 18.8. The van der Waals surface area contributed by atoms with Gasteiger partial charge in [-0.1, -0.05) is 4.98 Å². The first kappa shape index (κ1) is 17.4. The molecule has 0 radical (unpaired) electrons. The Morgan fingerprint density at radius 1 is 1.31 bits per heavy atom. The van der Waals surface area contributed by atoms with Crippen molar-refractivity contribution in [3.05, 3.63) is 12.7 Å². The fourth-order valence-electron chi connectivity index (χ4n) is 3.06. The second-order valence-corrected chi connectivity index (χ2v) is 7.10. The highest BCUT2D eigenvalue weighted by atomic mass is 31.2. The molecule has 140 valence electrons. The van der Waals surface area contributed by atoms with Crippen LogP contribution >= 0.6 is 7.82 Å². The number of ether oxygens (including phenoxy) is 1. The summed E-state index contributed by atoms with van der Waals surface area (Å²) in [5.74, 6) is 1.13. The number of hydrogen-bond acceptors (Lipinski definition) is 9. The van der Waals surface area contributed by atoms with Crippen LogP contribution in [0.1, 0.15) is 13.2 Å². The maximum absolute atomic E-state index is 11.0. The van der Waals surface area contributed by atoms with Gasteiger partial charge in [-0.25, -0.2) is 18.7 Å². The highest BCUT2D eigenvalue weighted by Crippen LogP contribution is 2.42. The third-order valence-corrected chi connectivity index (χ3v) is 4.65. The van der Waals surface area contributed by atoms with E-state index in [1.807, 2.05) is 0 Å². The molecule has 26 heavy (non-hydrogen) atoms. The van der Waals surface area contributed by atoms with Crippen LogP contribution < -0.4 is 9.58 Å². The Hall–Kier alpha value is -1.99. The Bertz CT molecular complexity index is 957. The lowest BCUT2D eigenvalue weighted by Crippen LogP contribution is -2.46. The first-order valence-corrected chi connectivity index (χ1v) is 9.02. The molecule has 4 atom stereocenters. The number of anilines is 1. The van der Waals surface area contributed by atoms with Crippen molar-refractivity contribution >= 4 is 30.6 Å². The molecule has 1 saturated heterocycles. The Labute approximate surface area is 146 Å². The van der Waals surface area contributed by atoms with E-state index >= 15 is 0 Å². The number of imidazole rings is 1. The van der Waals surface area contributed by atoms with Crippen LogP contribution in [0.4, 0.5) is 5.82 Å². The van der Waals surface area contributed by atoms with Crippen molar-refractivity contribution < 1.29 is 38.4 Å². The first-order valence-electron chi connectivity index (χ1n) is 7.49. The van der Waals surface area contributed by atoms with Crippen LogP contribution in [0.3, 0.4) is 0 Å². The monoisotopic (exact) mass is 387 g/mol. The lowest BCUT2D eigenvalue weighted by atomic mass is 10.2. The van der Waals surface area contributed by atoms with Gasteiger partial charge in [-0.3, -0.25) is 4.52 Å². The lowest BCUT2D eigenvalue weighted by Gasteiger charge is -2.16. The number of phosphoric acid groups is 1. The smallest absolute Gasteiger partial charge is 0.385 e.